The van der Waals surface area contributed by atoms with Gasteiger partial charge in [0.1, 0.15) is 5.75 Å². The molecule has 0 spiro atoms. The van der Waals surface area contributed by atoms with Crippen LogP contribution in [0.25, 0.3) is 6.08 Å². The van der Waals surface area contributed by atoms with Crippen LogP contribution in [0.4, 0.5) is 8.78 Å². The third-order valence-corrected chi connectivity index (χ3v) is 1.66. The summed E-state index contributed by atoms with van der Waals surface area (Å²) >= 11 is 0. The van der Waals surface area contributed by atoms with Crippen molar-refractivity contribution >= 4 is 12.0 Å². The van der Waals surface area contributed by atoms with Gasteiger partial charge in [0.2, 0.25) is 0 Å². The number of halogens is 2. The van der Waals surface area contributed by atoms with Crippen molar-refractivity contribution in [2.45, 2.75) is 6.42 Å². The van der Waals surface area contributed by atoms with E-state index in [-0.39, 0.29) is 12.0 Å². The summed E-state index contributed by atoms with van der Waals surface area (Å²) < 4.78 is 25.3. The summed E-state index contributed by atoms with van der Waals surface area (Å²) in [4.78, 5) is 10.1. The highest BCUT2D eigenvalue weighted by molar-refractivity contribution is 5.71. The molecule has 5 heteroatoms. The third-order valence-electron chi connectivity index (χ3n) is 1.66. The van der Waals surface area contributed by atoms with Crippen molar-refractivity contribution in [1.29, 1.82) is 0 Å². The minimum absolute atomic E-state index is 0.0372. The van der Waals surface area contributed by atoms with Gasteiger partial charge in [0, 0.05) is 11.6 Å². The SMILES string of the molecule is O=C(O)CC=Cc1cc(F)c(F)cc1O. The molecule has 0 unspecified atom stereocenters. The monoisotopic (exact) mass is 214 g/mol. The average molecular weight is 214 g/mol. The number of hydrogen-bond acceptors (Lipinski definition) is 2. The van der Waals surface area contributed by atoms with Gasteiger partial charge < -0.3 is 10.2 Å². The summed E-state index contributed by atoms with van der Waals surface area (Å²) in [5, 5.41) is 17.5. The molecule has 15 heavy (non-hydrogen) atoms. The first-order valence-corrected chi connectivity index (χ1v) is 4.07. The van der Waals surface area contributed by atoms with Crippen molar-refractivity contribution in [3.05, 3.63) is 35.4 Å². The highest BCUT2D eigenvalue weighted by Gasteiger charge is 2.06. The Morgan fingerprint density at radius 3 is 2.53 bits per heavy atom. The fourth-order valence-corrected chi connectivity index (χ4v) is 0.972. The Morgan fingerprint density at radius 1 is 1.33 bits per heavy atom. The Morgan fingerprint density at radius 2 is 1.93 bits per heavy atom. The predicted octanol–water partition coefficient (Wildman–Crippen LogP) is 2.16. The van der Waals surface area contributed by atoms with E-state index < -0.39 is 23.4 Å². The molecule has 0 fully saturated rings. The molecule has 0 bridgehead atoms. The first-order valence-electron chi connectivity index (χ1n) is 4.07. The molecule has 0 radical (unpaired) electrons. The van der Waals surface area contributed by atoms with Gasteiger partial charge in [-0.3, -0.25) is 4.79 Å². The maximum Gasteiger partial charge on any atom is 0.307 e. The second-order valence-electron chi connectivity index (χ2n) is 2.83. The Kier molecular flexibility index (Phi) is 3.38. The molecule has 0 amide bonds. The second kappa shape index (κ2) is 4.54. The zero-order valence-corrected chi connectivity index (χ0v) is 7.58. The van der Waals surface area contributed by atoms with Crippen LogP contribution in [0, 0.1) is 11.6 Å². The van der Waals surface area contributed by atoms with Crippen molar-refractivity contribution in [1.82, 2.24) is 0 Å². The molecule has 0 saturated carbocycles. The average Bonchev–Trinajstić information content (AvgIpc) is 2.13. The zero-order chi connectivity index (χ0) is 11.4. The number of rotatable bonds is 3. The molecule has 0 aliphatic heterocycles. The quantitative estimate of drug-likeness (QED) is 0.810. The van der Waals surface area contributed by atoms with E-state index in [1.165, 1.54) is 12.2 Å². The number of carboxylic acid groups (broad SMARTS) is 1. The summed E-state index contributed by atoms with van der Waals surface area (Å²) in [6.45, 7) is 0. The van der Waals surface area contributed by atoms with E-state index in [0.29, 0.717) is 6.07 Å². The standard InChI is InChI=1S/C10H8F2O3/c11-7-4-6(2-1-3-10(14)15)9(13)5-8(7)12/h1-2,4-5,13H,3H2,(H,14,15). The number of carbonyl (C=O) groups is 1. The van der Waals surface area contributed by atoms with E-state index in [9.17, 15) is 18.7 Å². The predicted molar refractivity (Wildman–Crippen MR) is 49.3 cm³/mol. The normalized spacial score (nSPS) is 10.8. The number of benzene rings is 1. The lowest BCUT2D eigenvalue weighted by atomic mass is 10.1. The maximum atomic E-state index is 12.7. The Hall–Kier alpha value is -1.91. The third kappa shape index (κ3) is 3.05. The largest absolute Gasteiger partial charge is 0.507 e. The highest BCUT2D eigenvalue weighted by Crippen LogP contribution is 2.22. The van der Waals surface area contributed by atoms with Crippen LogP contribution in [-0.2, 0) is 4.79 Å². The van der Waals surface area contributed by atoms with E-state index >= 15 is 0 Å². The first kappa shape index (κ1) is 11.2. The van der Waals surface area contributed by atoms with Crippen LogP contribution in [0.1, 0.15) is 12.0 Å². The molecule has 1 rings (SSSR count). The van der Waals surface area contributed by atoms with Gasteiger partial charge in [-0.2, -0.15) is 0 Å². The van der Waals surface area contributed by atoms with E-state index in [0.717, 1.165) is 6.07 Å². The van der Waals surface area contributed by atoms with Crippen molar-refractivity contribution in [3.63, 3.8) is 0 Å². The lowest BCUT2D eigenvalue weighted by Gasteiger charge is -1.99. The molecular formula is C10H8F2O3. The maximum absolute atomic E-state index is 12.7. The molecule has 2 N–H and O–H groups in total. The van der Waals surface area contributed by atoms with Crippen LogP contribution >= 0.6 is 0 Å². The zero-order valence-electron chi connectivity index (χ0n) is 7.58. The summed E-state index contributed by atoms with van der Waals surface area (Å²) in [6.07, 6.45) is 2.19. The number of phenols is 1. The van der Waals surface area contributed by atoms with E-state index in [1.807, 2.05) is 0 Å². The molecule has 0 aliphatic rings. The van der Waals surface area contributed by atoms with Gasteiger partial charge in [-0.15, -0.1) is 0 Å². The van der Waals surface area contributed by atoms with Crippen molar-refractivity contribution in [2.75, 3.05) is 0 Å². The van der Waals surface area contributed by atoms with Crippen molar-refractivity contribution in [2.24, 2.45) is 0 Å². The summed E-state index contributed by atoms with van der Waals surface area (Å²) in [6, 6.07) is 1.43. The summed E-state index contributed by atoms with van der Waals surface area (Å²) in [5.74, 6) is -3.73. The van der Waals surface area contributed by atoms with E-state index in [1.54, 1.807) is 0 Å². The number of aliphatic carboxylic acids is 1. The van der Waals surface area contributed by atoms with Gasteiger partial charge in [-0.1, -0.05) is 12.2 Å². The van der Waals surface area contributed by atoms with Crippen LogP contribution in [0.15, 0.2) is 18.2 Å². The van der Waals surface area contributed by atoms with Gasteiger partial charge in [0.25, 0.3) is 0 Å². The number of carboxylic acids is 1. The van der Waals surface area contributed by atoms with Gasteiger partial charge in [-0.05, 0) is 6.07 Å². The Bertz CT molecular complexity index is 413. The Balaban J connectivity index is 2.90. The van der Waals surface area contributed by atoms with Crippen LogP contribution in [-0.4, -0.2) is 16.2 Å². The highest BCUT2D eigenvalue weighted by atomic mass is 19.2. The second-order valence-corrected chi connectivity index (χ2v) is 2.83. The van der Waals surface area contributed by atoms with Gasteiger partial charge in [0.05, 0.1) is 6.42 Å². The molecule has 0 heterocycles. The van der Waals surface area contributed by atoms with Crippen LogP contribution in [0.5, 0.6) is 5.75 Å². The summed E-state index contributed by atoms with van der Waals surface area (Å²) in [5.41, 5.74) is 0.0372. The summed E-state index contributed by atoms with van der Waals surface area (Å²) in [7, 11) is 0. The fraction of sp³-hybridized carbons (Fsp3) is 0.100. The molecule has 1 aromatic carbocycles. The van der Waals surface area contributed by atoms with Gasteiger partial charge in [-0.25, -0.2) is 8.78 Å². The lowest BCUT2D eigenvalue weighted by Crippen LogP contribution is -1.90. The molecule has 0 atom stereocenters. The molecule has 3 nitrogen and oxygen atoms in total. The topological polar surface area (TPSA) is 57.5 Å². The Labute approximate surface area is 84.3 Å². The molecule has 0 aliphatic carbocycles. The minimum atomic E-state index is -1.15. The van der Waals surface area contributed by atoms with Crippen LogP contribution in [0.3, 0.4) is 0 Å². The minimum Gasteiger partial charge on any atom is -0.507 e. The molecule has 0 aromatic heterocycles. The van der Waals surface area contributed by atoms with E-state index in [2.05, 4.69) is 0 Å². The molecule has 1 aromatic rings. The number of phenolic OH excluding ortho intramolecular Hbond substituents is 1. The smallest absolute Gasteiger partial charge is 0.307 e. The van der Waals surface area contributed by atoms with Crippen molar-refractivity contribution < 1.29 is 23.8 Å². The van der Waals surface area contributed by atoms with Crippen LogP contribution in [0.2, 0.25) is 0 Å². The van der Waals surface area contributed by atoms with Crippen molar-refractivity contribution in [3.8, 4) is 5.75 Å². The molecule has 80 valence electrons. The molecule has 0 saturated heterocycles. The fourth-order valence-electron chi connectivity index (χ4n) is 0.972. The van der Waals surface area contributed by atoms with E-state index in [4.69, 9.17) is 5.11 Å². The van der Waals surface area contributed by atoms with Crippen LogP contribution < -0.4 is 0 Å². The lowest BCUT2D eigenvalue weighted by molar-refractivity contribution is -0.135. The number of aromatic hydroxyl groups is 1. The van der Waals surface area contributed by atoms with Gasteiger partial charge >= 0.3 is 5.97 Å². The number of hydrogen-bond donors (Lipinski definition) is 2. The first-order chi connectivity index (χ1) is 7.00. The molecular weight excluding hydrogens is 206 g/mol. The van der Waals surface area contributed by atoms with Gasteiger partial charge in [0.15, 0.2) is 11.6 Å².